The molecule has 132 valence electrons. The van der Waals surface area contributed by atoms with Crippen LogP contribution in [0.15, 0.2) is 48.8 Å². The van der Waals surface area contributed by atoms with Gasteiger partial charge in [0.25, 0.3) is 0 Å². The number of rotatable bonds is 6. The average Bonchev–Trinajstić information content (AvgIpc) is 3.29. The van der Waals surface area contributed by atoms with Gasteiger partial charge >= 0.3 is 0 Å². The molecule has 0 spiro atoms. The second kappa shape index (κ2) is 7.15. The Hall–Kier alpha value is -2.90. The van der Waals surface area contributed by atoms with E-state index in [1.807, 2.05) is 34.9 Å². The summed E-state index contributed by atoms with van der Waals surface area (Å²) in [7, 11) is 0. The van der Waals surface area contributed by atoms with E-state index in [0.29, 0.717) is 41.1 Å². The number of hydrogen-bond acceptors (Lipinski definition) is 5. The first-order valence-electron chi connectivity index (χ1n) is 8.05. The Kier molecular flexibility index (Phi) is 4.55. The number of nitrogens with zero attached hydrogens (tertiary/aromatic N) is 4. The third-order valence-corrected chi connectivity index (χ3v) is 4.32. The number of fused-ring (bicyclic) bond motifs is 1. The number of benzene rings is 2. The first-order chi connectivity index (χ1) is 12.7. The Balaban J connectivity index is 1.66. The summed E-state index contributed by atoms with van der Waals surface area (Å²) in [6.45, 7) is 0.601. The summed E-state index contributed by atoms with van der Waals surface area (Å²) in [6, 6.07) is 13.4. The second-order valence-corrected chi connectivity index (χ2v) is 6.14. The summed E-state index contributed by atoms with van der Waals surface area (Å²) in [4.78, 5) is 8.60. The third kappa shape index (κ3) is 3.26. The molecule has 7 nitrogen and oxygen atoms in total. The summed E-state index contributed by atoms with van der Waals surface area (Å²) in [5, 5.41) is 16.9. The first kappa shape index (κ1) is 16.6. The number of aromatic nitrogens is 5. The molecular formula is C18H16ClN5O2. The fourth-order valence-corrected chi connectivity index (χ4v) is 2.99. The maximum atomic E-state index is 9.64. The van der Waals surface area contributed by atoms with Gasteiger partial charge in [0.2, 0.25) is 0 Å². The molecule has 0 saturated heterocycles. The zero-order chi connectivity index (χ0) is 17.9. The lowest BCUT2D eigenvalue weighted by atomic mass is 10.2. The van der Waals surface area contributed by atoms with Crippen molar-refractivity contribution in [3.63, 3.8) is 0 Å². The highest BCUT2D eigenvalue weighted by atomic mass is 35.5. The molecule has 0 radical (unpaired) electrons. The van der Waals surface area contributed by atoms with Crippen molar-refractivity contribution in [2.24, 2.45) is 0 Å². The number of hydrogen-bond donors (Lipinski definition) is 2. The van der Waals surface area contributed by atoms with Crippen LogP contribution in [0.2, 0.25) is 5.02 Å². The zero-order valence-electron chi connectivity index (χ0n) is 13.8. The molecule has 26 heavy (non-hydrogen) atoms. The van der Waals surface area contributed by atoms with Crippen molar-refractivity contribution in [3.8, 4) is 5.75 Å². The predicted molar refractivity (Wildman–Crippen MR) is 96.9 cm³/mol. The largest absolute Gasteiger partial charge is 0.487 e. The van der Waals surface area contributed by atoms with Crippen LogP contribution in [0, 0.1) is 0 Å². The van der Waals surface area contributed by atoms with Crippen LogP contribution in [-0.4, -0.2) is 29.8 Å². The molecule has 4 aromatic rings. The molecule has 0 fully saturated rings. The summed E-state index contributed by atoms with van der Waals surface area (Å²) in [5.41, 5.74) is 2.53. The van der Waals surface area contributed by atoms with Gasteiger partial charge in [0.15, 0.2) is 5.82 Å². The minimum Gasteiger partial charge on any atom is -0.487 e. The van der Waals surface area contributed by atoms with Crippen molar-refractivity contribution in [3.05, 3.63) is 71.0 Å². The molecule has 2 heterocycles. The molecule has 0 unspecified atom stereocenters. The molecule has 2 aromatic carbocycles. The number of aliphatic hydroxyl groups excluding tert-OH is 1. The number of ether oxygens (including phenoxy) is 1. The van der Waals surface area contributed by atoms with Gasteiger partial charge in [-0.1, -0.05) is 41.9 Å². The zero-order valence-corrected chi connectivity index (χ0v) is 14.5. The van der Waals surface area contributed by atoms with Crippen LogP contribution in [0.5, 0.6) is 5.75 Å². The molecule has 8 heteroatoms. The number of H-pyrrole nitrogens is 1. The number of aromatic amines is 1. The lowest BCUT2D eigenvalue weighted by Crippen LogP contribution is -2.06. The van der Waals surface area contributed by atoms with E-state index in [1.165, 1.54) is 6.33 Å². The molecule has 2 aromatic heterocycles. The van der Waals surface area contributed by atoms with Crippen LogP contribution in [0.3, 0.4) is 0 Å². The Morgan fingerprint density at radius 1 is 1.19 bits per heavy atom. The number of imidazole rings is 1. The van der Waals surface area contributed by atoms with Crippen molar-refractivity contribution in [1.29, 1.82) is 0 Å². The molecule has 0 aliphatic heterocycles. The summed E-state index contributed by atoms with van der Waals surface area (Å²) < 4.78 is 7.68. The number of halogens is 1. The molecule has 0 saturated carbocycles. The Morgan fingerprint density at radius 3 is 2.77 bits per heavy atom. The maximum absolute atomic E-state index is 9.64. The van der Waals surface area contributed by atoms with E-state index >= 15 is 0 Å². The van der Waals surface area contributed by atoms with Gasteiger partial charge in [-0.25, -0.2) is 9.97 Å². The predicted octanol–water partition coefficient (Wildman–Crippen LogP) is 2.93. The van der Waals surface area contributed by atoms with Crippen LogP contribution >= 0.6 is 11.6 Å². The van der Waals surface area contributed by atoms with Crippen LogP contribution in [0.4, 0.5) is 0 Å². The van der Waals surface area contributed by atoms with Crippen LogP contribution < -0.4 is 4.74 Å². The standard InChI is InChI=1S/C18H16ClN5O2/c19-13-6-15-14(7-16(13)26-10-12-4-2-1-3-5-12)22-18(9-25)24(15)8-17-20-11-21-23-17/h1-7,11,25H,8-10H2,(H,20,21,23). The van der Waals surface area contributed by atoms with E-state index in [-0.39, 0.29) is 6.61 Å². The minimum absolute atomic E-state index is 0.197. The number of nitrogens with one attached hydrogen (secondary N) is 1. The van der Waals surface area contributed by atoms with Crippen LogP contribution in [0.1, 0.15) is 17.2 Å². The van der Waals surface area contributed by atoms with Crippen molar-refractivity contribution in [1.82, 2.24) is 24.7 Å². The van der Waals surface area contributed by atoms with Gasteiger partial charge < -0.3 is 14.4 Å². The lowest BCUT2D eigenvalue weighted by Gasteiger charge is -2.09. The van der Waals surface area contributed by atoms with E-state index in [2.05, 4.69) is 20.2 Å². The number of aliphatic hydroxyl groups is 1. The molecule has 0 aliphatic rings. The van der Waals surface area contributed by atoms with Gasteiger partial charge in [-0.2, -0.15) is 5.10 Å². The summed E-state index contributed by atoms with van der Waals surface area (Å²) in [6.07, 6.45) is 1.51. The topological polar surface area (TPSA) is 88.9 Å². The van der Waals surface area contributed by atoms with E-state index in [4.69, 9.17) is 16.3 Å². The smallest absolute Gasteiger partial charge is 0.170 e. The Labute approximate surface area is 154 Å². The Morgan fingerprint density at radius 2 is 2.04 bits per heavy atom. The van der Waals surface area contributed by atoms with Crippen molar-refractivity contribution >= 4 is 22.6 Å². The fourth-order valence-electron chi connectivity index (χ4n) is 2.77. The van der Waals surface area contributed by atoms with Gasteiger partial charge in [0.05, 0.1) is 22.6 Å². The van der Waals surface area contributed by atoms with Gasteiger partial charge in [-0.05, 0) is 11.6 Å². The third-order valence-electron chi connectivity index (χ3n) is 4.02. The lowest BCUT2D eigenvalue weighted by molar-refractivity contribution is 0.266. The average molecular weight is 370 g/mol. The highest BCUT2D eigenvalue weighted by Gasteiger charge is 2.15. The van der Waals surface area contributed by atoms with E-state index in [0.717, 1.165) is 11.1 Å². The SMILES string of the molecule is OCc1nc2cc(OCc3ccccc3)c(Cl)cc2n1Cc1nc[nH]n1. The molecular weight excluding hydrogens is 354 g/mol. The quantitative estimate of drug-likeness (QED) is 0.545. The van der Waals surface area contributed by atoms with Crippen LogP contribution in [0.25, 0.3) is 11.0 Å². The highest BCUT2D eigenvalue weighted by molar-refractivity contribution is 6.32. The van der Waals surface area contributed by atoms with E-state index < -0.39 is 0 Å². The molecule has 0 amide bonds. The van der Waals surface area contributed by atoms with Gasteiger partial charge in [-0.15, -0.1) is 0 Å². The van der Waals surface area contributed by atoms with Crippen molar-refractivity contribution < 1.29 is 9.84 Å². The van der Waals surface area contributed by atoms with Crippen molar-refractivity contribution in [2.75, 3.05) is 0 Å². The highest BCUT2D eigenvalue weighted by Crippen LogP contribution is 2.31. The Bertz CT molecular complexity index is 1020. The summed E-state index contributed by atoms with van der Waals surface area (Å²) in [5.74, 6) is 1.66. The molecule has 0 bridgehead atoms. The summed E-state index contributed by atoms with van der Waals surface area (Å²) >= 11 is 6.41. The van der Waals surface area contributed by atoms with E-state index in [1.54, 1.807) is 12.1 Å². The van der Waals surface area contributed by atoms with Crippen LogP contribution in [-0.2, 0) is 19.8 Å². The molecule has 4 rings (SSSR count). The minimum atomic E-state index is -0.197. The fraction of sp³-hybridized carbons (Fsp3) is 0.167. The normalized spacial score (nSPS) is 11.2. The monoisotopic (exact) mass is 369 g/mol. The first-order valence-corrected chi connectivity index (χ1v) is 8.43. The van der Waals surface area contributed by atoms with Gasteiger partial charge in [-0.3, -0.25) is 5.10 Å². The van der Waals surface area contributed by atoms with Crippen molar-refractivity contribution in [2.45, 2.75) is 19.8 Å². The second-order valence-electron chi connectivity index (χ2n) is 5.73. The van der Waals surface area contributed by atoms with E-state index in [9.17, 15) is 5.11 Å². The molecule has 2 N–H and O–H groups in total. The molecule has 0 aliphatic carbocycles. The molecule has 0 atom stereocenters. The van der Waals surface area contributed by atoms with Gasteiger partial charge in [0, 0.05) is 6.07 Å². The maximum Gasteiger partial charge on any atom is 0.170 e. The van der Waals surface area contributed by atoms with Gasteiger partial charge in [0.1, 0.15) is 31.1 Å².